The monoisotopic (exact) mass is 246 g/mol. The number of methoxy groups -OCH3 is 1. The van der Waals surface area contributed by atoms with E-state index in [4.69, 9.17) is 4.74 Å². The highest BCUT2D eigenvalue weighted by atomic mass is 16.5. The molecule has 2 unspecified atom stereocenters. The Morgan fingerprint density at radius 3 is 2.56 bits per heavy atom. The fourth-order valence-corrected chi connectivity index (χ4v) is 2.05. The van der Waals surface area contributed by atoms with Crippen molar-refractivity contribution < 1.29 is 19.7 Å². The van der Waals surface area contributed by atoms with Crippen LogP contribution in [-0.4, -0.2) is 35.0 Å². The first kappa shape index (κ1) is 12.5. The molecule has 0 saturated carbocycles. The van der Waals surface area contributed by atoms with Gasteiger partial charge in [0.05, 0.1) is 0 Å². The Bertz CT molecular complexity index is 504. The van der Waals surface area contributed by atoms with Gasteiger partial charge in [0.2, 0.25) is 5.60 Å². The first-order valence-corrected chi connectivity index (χ1v) is 5.53. The third-order valence-corrected chi connectivity index (χ3v) is 3.10. The first-order valence-electron chi connectivity index (χ1n) is 5.53. The second kappa shape index (κ2) is 4.76. The molecule has 0 heterocycles. The minimum atomic E-state index is -1.72. The van der Waals surface area contributed by atoms with Crippen molar-refractivity contribution in [1.82, 2.24) is 0 Å². The molecule has 1 aliphatic carbocycles. The predicted molar refractivity (Wildman–Crippen MR) is 66.9 cm³/mol. The van der Waals surface area contributed by atoms with Gasteiger partial charge < -0.3 is 14.9 Å². The van der Waals surface area contributed by atoms with Gasteiger partial charge in [-0.05, 0) is 17.2 Å². The van der Waals surface area contributed by atoms with E-state index in [2.05, 4.69) is 0 Å². The largest absolute Gasteiger partial charge is 0.479 e. The van der Waals surface area contributed by atoms with Crippen molar-refractivity contribution in [2.45, 2.75) is 11.7 Å². The highest BCUT2D eigenvalue weighted by molar-refractivity contribution is 5.88. The lowest BCUT2D eigenvalue weighted by molar-refractivity contribution is -0.164. The summed E-state index contributed by atoms with van der Waals surface area (Å²) in [5, 5.41) is 19.5. The number of allylic oxidation sites excluding steroid dienone is 2. The molecular weight excluding hydrogens is 232 g/mol. The number of ether oxygens (including phenoxy) is 1. The molecule has 4 nitrogen and oxygen atoms in total. The van der Waals surface area contributed by atoms with Crippen molar-refractivity contribution in [1.29, 1.82) is 0 Å². The second-order valence-corrected chi connectivity index (χ2v) is 4.05. The van der Waals surface area contributed by atoms with Crippen LogP contribution in [0.3, 0.4) is 0 Å². The van der Waals surface area contributed by atoms with Crippen LogP contribution in [0.2, 0.25) is 0 Å². The van der Waals surface area contributed by atoms with Gasteiger partial charge in [-0.25, -0.2) is 4.79 Å². The average Bonchev–Trinajstić information content (AvgIpc) is 2.40. The summed E-state index contributed by atoms with van der Waals surface area (Å²) in [5.41, 5.74) is -0.417. The number of aliphatic carboxylic acids is 1. The van der Waals surface area contributed by atoms with Gasteiger partial charge >= 0.3 is 5.97 Å². The van der Waals surface area contributed by atoms with Gasteiger partial charge in [-0.1, -0.05) is 42.5 Å². The van der Waals surface area contributed by atoms with Gasteiger partial charge in [0.25, 0.3) is 0 Å². The van der Waals surface area contributed by atoms with Gasteiger partial charge in [-0.15, -0.1) is 0 Å². The van der Waals surface area contributed by atoms with Gasteiger partial charge in [-0.3, -0.25) is 0 Å². The SMILES string of the molecule is COC1(C(=O)O)C=CC=C(c2ccccc2)C1O. The van der Waals surface area contributed by atoms with Crippen LogP contribution in [0.25, 0.3) is 5.57 Å². The fraction of sp³-hybridized carbons (Fsp3) is 0.214. The molecule has 1 aromatic rings. The third kappa shape index (κ3) is 1.85. The van der Waals surface area contributed by atoms with Crippen molar-refractivity contribution in [3.8, 4) is 0 Å². The van der Waals surface area contributed by atoms with Crippen LogP contribution in [0, 0.1) is 0 Å². The maximum Gasteiger partial charge on any atom is 0.343 e. The molecule has 0 fully saturated rings. The summed E-state index contributed by atoms with van der Waals surface area (Å²) in [4.78, 5) is 11.3. The predicted octanol–water partition coefficient (Wildman–Crippen LogP) is 1.47. The molecule has 1 aliphatic rings. The molecule has 1 aromatic carbocycles. The maximum absolute atomic E-state index is 11.3. The smallest absolute Gasteiger partial charge is 0.343 e. The topological polar surface area (TPSA) is 66.8 Å². The van der Waals surface area contributed by atoms with E-state index >= 15 is 0 Å². The maximum atomic E-state index is 11.3. The molecular formula is C14H14O4. The Kier molecular flexibility index (Phi) is 3.32. The average molecular weight is 246 g/mol. The molecule has 0 amide bonds. The molecule has 2 atom stereocenters. The Morgan fingerprint density at radius 1 is 1.33 bits per heavy atom. The van der Waals surface area contributed by atoms with Crippen molar-refractivity contribution in [3.63, 3.8) is 0 Å². The lowest BCUT2D eigenvalue weighted by Gasteiger charge is -2.33. The van der Waals surface area contributed by atoms with E-state index in [0.717, 1.165) is 5.56 Å². The van der Waals surface area contributed by atoms with Crippen molar-refractivity contribution in [2.24, 2.45) is 0 Å². The molecule has 94 valence electrons. The van der Waals surface area contributed by atoms with E-state index in [1.807, 2.05) is 30.3 Å². The molecule has 0 bridgehead atoms. The number of carboxylic acid groups (broad SMARTS) is 1. The normalized spacial score (nSPS) is 26.8. The quantitative estimate of drug-likeness (QED) is 0.847. The molecule has 0 aromatic heterocycles. The molecule has 2 rings (SSSR count). The number of hydrogen-bond acceptors (Lipinski definition) is 3. The summed E-state index contributed by atoms with van der Waals surface area (Å²) in [6.07, 6.45) is 3.40. The van der Waals surface area contributed by atoms with Crippen LogP contribution in [0.5, 0.6) is 0 Å². The van der Waals surface area contributed by atoms with Gasteiger partial charge in [0, 0.05) is 7.11 Å². The van der Waals surface area contributed by atoms with Crippen LogP contribution in [-0.2, 0) is 9.53 Å². The number of carboxylic acids is 1. The summed E-state index contributed by atoms with van der Waals surface area (Å²) in [6.45, 7) is 0. The minimum Gasteiger partial charge on any atom is -0.479 e. The number of rotatable bonds is 3. The highest BCUT2D eigenvalue weighted by Gasteiger charge is 2.46. The molecule has 4 heteroatoms. The first-order chi connectivity index (χ1) is 8.62. The Hall–Kier alpha value is -1.91. The van der Waals surface area contributed by atoms with Crippen LogP contribution in [0.1, 0.15) is 5.56 Å². The van der Waals surface area contributed by atoms with E-state index in [0.29, 0.717) is 5.57 Å². The van der Waals surface area contributed by atoms with Gasteiger partial charge in [0.15, 0.2) is 0 Å². The standard InChI is InChI=1S/C14H14O4/c1-18-14(13(16)17)9-5-8-11(12(14)15)10-6-3-2-4-7-10/h2-9,12,15H,1H3,(H,16,17). The third-order valence-electron chi connectivity index (χ3n) is 3.10. The Labute approximate surface area is 105 Å². The number of aliphatic hydroxyl groups is 1. The van der Waals surface area contributed by atoms with Gasteiger partial charge in [0.1, 0.15) is 6.10 Å². The summed E-state index contributed by atoms with van der Waals surface area (Å²) < 4.78 is 5.03. The molecule has 18 heavy (non-hydrogen) atoms. The minimum absolute atomic E-state index is 0.530. The van der Waals surface area contributed by atoms with Crippen LogP contribution >= 0.6 is 0 Å². The number of benzene rings is 1. The fourth-order valence-electron chi connectivity index (χ4n) is 2.05. The lowest BCUT2D eigenvalue weighted by atomic mass is 9.83. The Morgan fingerprint density at radius 2 is 2.00 bits per heavy atom. The molecule has 0 radical (unpaired) electrons. The van der Waals surface area contributed by atoms with E-state index in [1.165, 1.54) is 13.2 Å². The molecule has 2 N–H and O–H groups in total. The molecule has 0 spiro atoms. The summed E-state index contributed by atoms with van der Waals surface area (Å²) in [5.74, 6) is -1.21. The molecule has 0 saturated heterocycles. The van der Waals surface area contributed by atoms with Crippen molar-refractivity contribution in [2.75, 3.05) is 7.11 Å². The zero-order chi connectivity index (χ0) is 13.2. The highest BCUT2D eigenvalue weighted by Crippen LogP contribution is 2.33. The molecule has 0 aliphatic heterocycles. The van der Waals surface area contributed by atoms with E-state index in [1.54, 1.807) is 12.2 Å². The van der Waals surface area contributed by atoms with Crippen molar-refractivity contribution >= 4 is 11.5 Å². The summed E-state index contributed by atoms with van der Waals surface area (Å²) >= 11 is 0. The van der Waals surface area contributed by atoms with Crippen molar-refractivity contribution in [3.05, 3.63) is 54.1 Å². The van der Waals surface area contributed by atoms with E-state index < -0.39 is 17.7 Å². The summed E-state index contributed by atoms with van der Waals surface area (Å²) in [7, 11) is 1.27. The number of carbonyl (C=O) groups is 1. The second-order valence-electron chi connectivity index (χ2n) is 4.05. The van der Waals surface area contributed by atoms with Crippen LogP contribution < -0.4 is 0 Å². The summed E-state index contributed by atoms with van der Waals surface area (Å²) in [6, 6.07) is 9.15. The zero-order valence-electron chi connectivity index (χ0n) is 9.91. The lowest BCUT2D eigenvalue weighted by Crippen LogP contribution is -2.51. The van der Waals surface area contributed by atoms with Gasteiger partial charge in [-0.2, -0.15) is 0 Å². The number of hydrogen-bond donors (Lipinski definition) is 2. The number of aliphatic hydroxyl groups excluding tert-OH is 1. The van der Waals surface area contributed by atoms with E-state index in [-0.39, 0.29) is 0 Å². The van der Waals surface area contributed by atoms with Crippen LogP contribution in [0.4, 0.5) is 0 Å². The van der Waals surface area contributed by atoms with E-state index in [9.17, 15) is 15.0 Å². The Balaban J connectivity index is 2.44. The zero-order valence-corrected chi connectivity index (χ0v) is 9.91. The van der Waals surface area contributed by atoms with Crippen LogP contribution in [0.15, 0.2) is 48.6 Å².